The van der Waals surface area contributed by atoms with Crippen molar-refractivity contribution in [2.45, 2.75) is 19.8 Å². The van der Waals surface area contributed by atoms with Gasteiger partial charge in [-0.3, -0.25) is 4.79 Å². The molecule has 2 rings (SSSR count). The molecule has 1 aromatic carbocycles. The van der Waals surface area contributed by atoms with E-state index in [2.05, 4.69) is 23.7 Å². The first-order chi connectivity index (χ1) is 10.9. The maximum absolute atomic E-state index is 11.8. The molecule has 1 aromatic rings. The normalized spacial score (nSPS) is 16.1. The van der Waals surface area contributed by atoms with E-state index >= 15 is 0 Å². The van der Waals surface area contributed by atoms with Gasteiger partial charge in [0.25, 0.3) is 0 Å². The van der Waals surface area contributed by atoms with Crippen LogP contribution in [0.5, 0.6) is 0 Å². The van der Waals surface area contributed by atoms with E-state index in [4.69, 9.17) is 0 Å². The summed E-state index contributed by atoms with van der Waals surface area (Å²) in [6.07, 6.45) is 3.68. The number of benzene rings is 1. The number of nitrogens with zero attached hydrogens (tertiary/aromatic N) is 1. The van der Waals surface area contributed by atoms with Gasteiger partial charge in [0.1, 0.15) is 5.75 Å². The molecule has 0 aromatic heterocycles. The number of piperidine rings is 1. The number of amides is 1. The number of anilines is 2. The molecule has 0 radical (unpaired) electrons. The lowest BCUT2D eigenvalue weighted by molar-refractivity contribution is -0.113. The van der Waals surface area contributed by atoms with Crippen LogP contribution in [0.25, 0.3) is 0 Å². The Labute approximate surface area is 138 Å². The van der Waals surface area contributed by atoms with Gasteiger partial charge in [-0.05, 0) is 43.0 Å². The molecule has 1 aliphatic rings. The van der Waals surface area contributed by atoms with E-state index in [1.807, 2.05) is 24.3 Å². The quantitative estimate of drug-likeness (QED) is 0.811. The van der Waals surface area contributed by atoms with Crippen LogP contribution in [0.15, 0.2) is 36.9 Å². The summed E-state index contributed by atoms with van der Waals surface area (Å²) < 4.78 is 23.2. The zero-order chi connectivity index (χ0) is 16.9. The number of carbonyl (C=O) groups excluding carboxylic acids is 1. The molecule has 1 N–H and O–H groups in total. The van der Waals surface area contributed by atoms with E-state index in [0.717, 1.165) is 24.7 Å². The van der Waals surface area contributed by atoms with Gasteiger partial charge >= 0.3 is 0 Å². The van der Waals surface area contributed by atoms with E-state index < -0.39 is 21.5 Å². The molecule has 1 saturated heterocycles. The third kappa shape index (κ3) is 5.39. The average Bonchev–Trinajstić information content (AvgIpc) is 2.48. The Balaban J connectivity index is 1.92. The highest BCUT2D eigenvalue weighted by atomic mass is 32.2. The summed E-state index contributed by atoms with van der Waals surface area (Å²) in [6.45, 7) is 7.75. The van der Waals surface area contributed by atoms with Crippen LogP contribution >= 0.6 is 0 Å². The second kappa shape index (κ2) is 7.64. The SMILES string of the molecule is C=CCS(=O)(=O)CC(=O)Nc1ccc(N2CCC(C)CC2)cc1. The van der Waals surface area contributed by atoms with Gasteiger partial charge in [-0.1, -0.05) is 13.0 Å². The van der Waals surface area contributed by atoms with Crippen molar-refractivity contribution >= 4 is 27.1 Å². The van der Waals surface area contributed by atoms with Crippen molar-refractivity contribution < 1.29 is 13.2 Å². The first-order valence-electron chi connectivity index (χ1n) is 7.86. The molecular formula is C17H24N2O3S. The number of carbonyl (C=O) groups is 1. The lowest BCUT2D eigenvalue weighted by atomic mass is 9.99. The van der Waals surface area contributed by atoms with Crippen LogP contribution in [0.3, 0.4) is 0 Å². The predicted octanol–water partition coefficient (Wildman–Crippen LogP) is 2.46. The molecule has 1 heterocycles. The van der Waals surface area contributed by atoms with E-state index in [1.165, 1.54) is 18.9 Å². The Kier molecular flexibility index (Phi) is 5.82. The zero-order valence-electron chi connectivity index (χ0n) is 13.5. The maximum atomic E-state index is 11.8. The molecule has 23 heavy (non-hydrogen) atoms. The second-order valence-electron chi connectivity index (χ2n) is 6.11. The van der Waals surface area contributed by atoms with Crippen molar-refractivity contribution in [3.8, 4) is 0 Å². The first kappa shape index (κ1) is 17.5. The van der Waals surface area contributed by atoms with Crippen molar-refractivity contribution in [3.05, 3.63) is 36.9 Å². The van der Waals surface area contributed by atoms with Crippen LogP contribution in [0.4, 0.5) is 11.4 Å². The summed E-state index contributed by atoms with van der Waals surface area (Å²) >= 11 is 0. The molecule has 5 nitrogen and oxygen atoms in total. The van der Waals surface area contributed by atoms with Crippen molar-refractivity contribution in [3.63, 3.8) is 0 Å². The molecule has 126 valence electrons. The molecule has 1 amide bonds. The van der Waals surface area contributed by atoms with Crippen molar-refractivity contribution in [1.82, 2.24) is 0 Å². The van der Waals surface area contributed by atoms with E-state index in [-0.39, 0.29) is 5.75 Å². The number of hydrogen-bond acceptors (Lipinski definition) is 4. The number of sulfone groups is 1. The third-order valence-corrected chi connectivity index (χ3v) is 5.47. The smallest absolute Gasteiger partial charge is 0.239 e. The van der Waals surface area contributed by atoms with E-state index in [1.54, 1.807) is 0 Å². The minimum absolute atomic E-state index is 0.188. The monoisotopic (exact) mass is 336 g/mol. The summed E-state index contributed by atoms with van der Waals surface area (Å²) in [7, 11) is -3.42. The Morgan fingerprint density at radius 1 is 1.30 bits per heavy atom. The van der Waals surface area contributed by atoms with Crippen LogP contribution in [0, 0.1) is 5.92 Å². The van der Waals surface area contributed by atoms with E-state index in [0.29, 0.717) is 5.69 Å². The fourth-order valence-corrected chi connectivity index (χ4v) is 3.61. The Morgan fingerprint density at radius 2 is 1.91 bits per heavy atom. The lowest BCUT2D eigenvalue weighted by Gasteiger charge is -2.32. The summed E-state index contributed by atoms with van der Waals surface area (Å²) in [6, 6.07) is 7.55. The van der Waals surface area contributed by atoms with Crippen molar-refractivity contribution in [2.75, 3.05) is 34.8 Å². The Bertz CT molecular complexity index is 645. The fraction of sp³-hybridized carbons (Fsp3) is 0.471. The molecule has 0 bridgehead atoms. The molecule has 0 atom stereocenters. The van der Waals surface area contributed by atoms with Gasteiger partial charge < -0.3 is 10.2 Å². The van der Waals surface area contributed by atoms with E-state index in [9.17, 15) is 13.2 Å². The predicted molar refractivity (Wildman–Crippen MR) is 94.5 cm³/mol. The van der Waals surface area contributed by atoms with Crippen LogP contribution in [-0.4, -0.2) is 38.9 Å². The second-order valence-corrected chi connectivity index (χ2v) is 8.22. The maximum Gasteiger partial charge on any atom is 0.239 e. The highest BCUT2D eigenvalue weighted by Crippen LogP contribution is 2.24. The van der Waals surface area contributed by atoms with Gasteiger partial charge in [-0.25, -0.2) is 8.42 Å². The largest absolute Gasteiger partial charge is 0.372 e. The lowest BCUT2D eigenvalue weighted by Crippen LogP contribution is -2.32. The molecule has 1 aliphatic heterocycles. The van der Waals surface area contributed by atoms with Crippen LogP contribution in [-0.2, 0) is 14.6 Å². The van der Waals surface area contributed by atoms with Crippen LogP contribution < -0.4 is 10.2 Å². The minimum Gasteiger partial charge on any atom is -0.372 e. The highest BCUT2D eigenvalue weighted by molar-refractivity contribution is 7.92. The van der Waals surface area contributed by atoms with Gasteiger partial charge in [-0.15, -0.1) is 6.58 Å². The molecule has 0 unspecified atom stereocenters. The van der Waals surface area contributed by atoms with Crippen molar-refractivity contribution in [1.29, 1.82) is 0 Å². The summed E-state index contributed by atoms with van der Waals surface area (Å²) in [4.78, 5) is 14.1. The van der Waals surface area contributed by atoms with Gasteiger partial charge in [0.15, 0.2) is 9.84 Å². The van der Waals surface area contributed by atoms with Crippen molar-refractivity contribution in [2.24, 2.45) is 5.92 Å². The van der Waals surface area contributed by atoms with Gasteiger partial charge in [-0.2, -0.15) is 0 Å². The van der Waals surface area contributed by atoms with Gasteiger partial charge in [0.05, 0.1) is 5.75 Å². The third-order valence-electron chi connectivity index (χ3n) is 4.02. The Hall–Kier alpha value is -1.82. The molecule has 6 heteroatoms. The van der Waals surface area contributed by atoms with Crippen LogP contribution in [0.2, 0.25) is 0 Å². The number of hydrogen-bond donors (Lipinski definition) is 1. The molecule has 1 fully saturated rings. The summed E-state index contributed by atoms with van der Waals surface area (Å²) in [5.41, 5.74) is 1.74. The molecular weight excluding hydrogens is 312 g/mol. The molecule has 0 aliphatic carbocycles. The van der Waals surface area contributed by atoms with Gasteiger partial charge in [0.2, 0.25) is 5.91 Å². The van der Waals surface area contributed by atoms with Crippen LogP contribution in [0.1, 0.15) is 19.8 Å². The topological polar surface area (TPSA) is 66.5 Å². The molecule has 0 spiro atoms. The van der Waals surface area contributed by atoms with Gasteiger partial charge in [0, 0.05) is 24.5 Å². The minimum atomic E-state index is -3.42. The number of nitrogens with one attached hydrogen (secondary N) is 1. The zero-order valence-corrected chi connectivity index (χ0v) is 14.3. The summed E-state index contributed by atoms with van der Waals surface area (Å²) in [5.74, 6) is -0.453. The molecule has 0 saturated carbocycles. The summed E-state index contributed by atoms with van der Waals surface area (Å²) in [5, 5.41) is 2.62. The Morgan fingerprint density at radius 3 is 2.48 bits per heavy atom. The average molecular weight is 336 g/mol. The highest BCUT2D eigenvalue weighted by Gasteiger charge is 2.17. The fourth-order valence-electron chi connectivity index (χ4n) is 2.66. The number of rotatable bonds is 6. The standard InChI is InChI=1S/C17H24N2O3S/c1-3-12-23(21,22)13-17(20)18-15-4-6-16(7-5-15)19-10-8-14(2)9-11-19/h3-7,14H,1,8-13H2,2H3,(H,18,20). The first-order valence-corrected chi connectivity index (χ1v) is 9.68.